The van der Waals surface area contributed by atoms with E-state index in [0.717, 1.165) is 35.2 Å². The quantitative estimate of drug-likeness (QED) is 0.648. The van der Waals surface area contributed by atoms with Gasteiger partial charge in [-0.05, 0) is 42.7 Å². The van der Waals surface area contributed by atoms with Gasteiger partial charge >= 0.3 is 0 Å². The van der Waals surface area contributed by atoms with Crippen LogP contribution in [0.3, 0.4) is 0 Å². The zero-order valence-electron chi connectivity index (χ0n) is 17.3. The van der Waals surface area contributed by atoms with Crippen LogP contribution in [0.15, 0.2) is 60.8 Å². The van der Waals surface area contributed by atoms with E-state index < -0.39 is 0 Å². The Morgan fingerprint density at radius 2 is 1.70 bits per heavy atom. The monoisotopic (exact) mass is 404 g/mol. The molecule has 0 N–H and O–H groups in total. The molecule has 1 aliphatic heterocycles. The largest absolute Gasteiger partial charge is 0.347 e. The summed E-state index contributed by atoms with van der Waals surface area (Å²) in [5, 5.41) is 0. The van der Waals surface area contributed by atoms with Crippen molar-refractivity contribution >= 4 is 11.9 Å². The first kappa shape index (κ1) is 20.0. The van der Waals surface area contributed by atoms with Crippen LogP contribution in [-0.2, 0) is 0 Å². The zero-order valence-corrected chi connectivity index (χ0v) is 17.3. The predicted molar refractivity (Wildman–Crippen MR) is 116 cm³/mol. The van der Waals surface area contributed by atoms with Gasteiger partial charge in [0.25, 0.3) is 5.91 Å². The standard InChI is InChI=1S/C24H25FN4O/c1-28(2)24-26-16-21(17-8-10-20(25)11-9-17)22(27-24)18-12-14-29(15-13-18)23(30)19-6-4-3-5-7-19/h3-11,16,18H,12-15H2,1-2H3. The highest BCUT2D eigenvalue weighted by Gasteiger charge is 2.27. The number of aromatic nitrogens is 2. The number of anilines is 1. The first-order chi connectivity index (χ1) is 14.5. The van der Waals surface area contributed by atoms with Crippen molar-refractivity contribution < 1.29 is 9.18 Å². The maximum absolute atomic E-state index is 13.4. The fourth-order valence-electron chi connectivity index (χ4n) is 3.88. The Morgan fingerprint density at radius 1 is 1.03 bits per heavy atom. The molecule has 1 amide bonds. The highest BCUT2D eigenvalue weighted by molar-refractivity contribution is 5.94. The van der Waals surface area contributed by atoms with Crippen molar-refractivity contribution in [3.63, 3.8) is 0 Å². The molecule has 0 unspecified atom stereocenters. The molecule has 0 aliphatic carbocycles. The Morgan fingerprint density at radius 3 is 2.33 bits per heavy atom. The van der Waals surface area contributed by atoms with E-state index >= 15 is 0 Å². The van der Waals surface area contributed by atoms with E-state index in [1.165, 1.54) is 12.1 Å². The molecule has 2 heterocycles. The molecule has 0 bridgehead atoms. The van der Waals surface area contributed by atoms with Gasteiger partial charge < -0.3 is 9.80 Å². The van der Waals surface area contributed by atoms with Crippen LogP contribution in [0.5, 0.6) is 0 Å². The minimum Gasteiger partial charge on any atom is -0.347 e. The van der Waals surface area contributed by atoms with Gasteiger partial charge in [0, 0.05) is 50.4 Å². The summed E-state index contributed by atoms with van der Waals surface area (Å²) in [6.45, 7) is 1.37. The number of amides is 1. The fraction of sp³-hybridized carbons (Fsp3) is 0.292. The Labute approximate surface area is 176 Å². The normalized spacial score (nSPS) is 14.6. The van der Waals surface area contributed by atoms with Gasteiger partial charge in [0.15, 0.2) is 0 Å². The minimum absolute atomic E-state index is 0.0736. The van der Waals surface area contributed by atoms with Gasteiger partial charge in [-0.2, -0.15) is 0 Å². The molecular formula is C24H25FN4O. The number of halogens is 1. The molecule has 0 saturated carbocycles. The molecule has 3 aromatic rings. The highest BCUT2D eigenvalue weighted by atomic mass is 19.1. The minimum atomic E-state index is -0.265. The topological polar surface area (TPSA) is 49.3 Å². The first-order valence-electron chi connectivity index (χ1n) is 10.2. The third-order valence-corrected chi connectivity index (χ3v) is 5.55. The maximum atomic E-state index is 13.4. The van der Waals surface area contributed by atoms with E-state index in [1.54, 1.807) is 12.1 Å². The summed E-state index contributed by atoms with van der Waals surface area (Å²) in [6, 6.07) is 15.8. The van der Waals surface area contributed by atoms with E-state index in [2.05, 4.69) is 4.98 Å². The molecule has 6 heteroatoms. The van der Waals surface area contributed by atoms with Gasteiger partial charge in [0.2, 0.25) is 5.95 Å². The van der Waals surface area contributed by atoms with Crippen LogP contribution in [-0.4, -0.2) is 48.0 Å². The van der Waals surface area contributed by atoms with Crippen LogP contribution in [0.2, 0.25) is 0 Å². The Bertz CT molecular complexity index is 1010. The first-order valence-corrected chi connectivity index (χ1v) is 10.2. The fourth-order valence-corrected chi connectivity index (χ4v) is 3.88. The van der Waals surface area contributed by atoms with Gasteiger partial charge in [0.05, 0.1) is 5.69 Å². The molecule has 30 heavy (non-hydrogen) atoms. The number of rotatable bonds is 4. The summed E-state index contributed by atoms with van der Waals surface area (Å²) in [5.74, 6) is 0.675. The average molecular weight is 404 g/mol. The van der Waals surface area contributed by atoms with E-state index in [1.807, 2.05) is 60.4 Å². The highest BCUT2D eigenvalue weighted by Crippen LogP contribution is 2.35. The molecule has 5 nitrogen and oxygen atoms in total. The van der Waals surface area contributed by atoms with Crippen LogP contribution >= 0.6 is 0 Å². The second-order valence-corrected chi connectivity index (χ2v) is 7.80. The summed E-state index contributed by atoms with van der Waals surface area (Å²) in [4.78, 5) is 25.9. The molecular weight excluding hydrogens is 379 g/mol. The van der Waals surface area contributed by atoms with Crippen molar-refractivity contribution in [3.8, 4) is 11.1 Å². The molecule has 0 radical (unpaired) electrons. The number of benzene rings is 2. The van der Waals surface area contributed by atoms with Gasteiger partial charge in [-0.3, -0.25) is 4.79 Å². The van der Waals surface area contributed by atoms with Gasteiger partial charge in [-0.1, -0.05) is 30.3 Å². The van der Waals surface area contributed by atoms with E-state index in [9.17, 15) is 9.18 Å². The molecule has 154 valence electrons. The third-order valence-electron chi connectivity index (χ3n) is 5.55. The Kier molecular flexibility index (Phi) is 5.74. The van der Waals surface area contributed by atoms with Crippen molar-refractivity contribution in [1.82, 2.24) is 14.9 Å². The van der Waals surface area contributed by atoms with Gasteiger partial charge in [-0.25, -0.2) is 14.4 Å². The van der Waals surface area contributed by atoms with Crippen molar-refractivity contribution in [2.24, 2.45) is 0 Å². The van der Waals surface area contributed by atoms with Crippen molar-refractivity contribution in [2.75, 3.05) is 32.1 Å². The van der Waals surface area contributed by atoms with Crippen LogP contribution in [0.25, 0.3) is 11.1 Å². The number of likely N-dealkylation sites (tertiary alicyclic amines) is 1. The molecule has 1 fully saturated rings. The van der Waals surface area contributed by atoms with Crippen molar-refractivity contribution in [1.29, 1.82) is 0 Å². The molecule has 1 saturated heterocycles. The smallest absolute Gasteiger partial charge is 0.253 e. The molecule has 1 aliphatic rings. The Hall–Kier alpha value is -3.28. The van der Waals surface area contributed by atoms with Crippen LogP contribution in [0.1, 0.15) is 34.8 Å². The summed E-state index contributed by atoms with van der Waals surface area (Å²) < 4.78 is 13.4. The van der Waals surface area contributed by atoms with Crippen LogP contribution in [0, 0.1) is 5.82 Å². The molecule has 1 aromatic heterocycles. The van der Waals surface area contributed by atoms with Gasteiger partial charge in [-0.15, -0.1) is 0 Å². The van der Waals surface area contributed by atoms with Crippen LogP contribution in [0.4, 0.5) is 10.3 Å². The molecule has 0 spiro atoms. The lowest BCUT2D eigenvalue weighted by Crippen LogP contribution is -2.38. The summed E-state index contributed by atoms with van der Waals surface area (Å²) >= 11 is 0. The average Bonchev–Trinajstić information content (AvgIpc) is 2.79. The van der Waals surface area contributed by atoms with E-state index in [-0.39, 0.29) is 17.6 Å². The van der Waals surface area contributed by atoms with Crippen molar-refractivity contribution in [2.45, 2.75) is 18.8 Å². The number of nitrogens with zero attached hydrogens (tertiary/aromatic N) is 4. The Balaban J connectivity index is 1.58. The summed E-state index contributed by atoms with van der Waals surface area (Å²) in [7, 11) is 3.83. The number of carbonyl (C=O) groups excluding carboxylic acids is 1. The van der Waals surface area contributed by atoms with E-state index in [4.69, 9.17) is 4.98 Å². The van der Waals surface area contributed by atoms with E-state index in [0.29, 0.717) is 19.0 Å². The second kappa shape index (κ2) is 8.61. The number of hydrogen-bond donors (Lipinski definition) is 0. The SMILES string of the molecule is CN(C)c1ncc(-c2ccc(F)cc2)c(C2CCN(C(=O)c3ccccc3)CC2)n1. The number of hydrogen-bond acceptors (Lipinski definition) is 4. The van der Waals surface area contributed by atoms with Crippen LogP contribution < -0.4 is 4.90 Å². The molecule has 4 rings (SSSR count). The molecule has 0 atom stereocenters. The predicted octanol–water partition coefficient (Wildman–Crippen LogP) is 4.37. The zero-order chi connectivity index (χ0) is 21.1. The van der Waals surface area contributed by atoms with Crippen molar-refractivity contribution in [3.05, 3.63) is 77.9 Å². The third kappa shape index (κ3) is 4.17. The maximum Gasteiger partial charge on any atom is 0.253 e. The second-order valence-electron chi connectivity index (χ2n) is 7.80. The summed E-state index contributed by atoms with van der Waals surface area (Å²) in [5.41, 5.74) is 3.51. The lowest BCUT2D eigenvalue weighted by molar-refractivity contribution is 0.0712. The van der Waals surface area contributed by atoms with Gasteiger partial charge in [0.1, 0.15) is 5.82 Å². The lowest BCUT2D eigenvalue weighted by atomic mass is 9.88. The summed E-state index contributed by atoms with van der Waals surface area (Å²) in [6.07, 6.45) is 3.49. The lowest BCUT2D eigenvalue weighted by Gasteiger charge is -2.32. The number of piperidine rings is 1. The molecule has 2 aromatic carbocycles. The number of carbonyl (C=O) groups is 1.